The average molecular weight is 233 g/mol. The van der Waals surface area contributed by atoms with Crippen molar-refractivity contribution in [3.63, 3.8) is 0 Å². The Bertz CT molecular complexity index is 532. The summed E-state index contributed by atoms with van der Waals surface area (Å²) in [6.07, 6.45) is 3.45. The van der Waals surface area contributed by atoms with Gasteiger partial charge in [-0.2, -0.15) is 10.2 Å². The second-order valence-electron chi connectivity index (χ2n) is 3.42. The standard InChI is InChI=1S/C10H11N5S/c1-6-7(2)13-14-10(8(6)9(11)16)15-5-3-4-12-15/h3-5H,1-2H3,(H2,11,16). The van der Waals surface area contributed by atoms with Gasteiger partial charge in [0.1, 0.15) is 4.99 Å². The van der Waals surface area contributed by atoms with Crippen molar-refractivity contribution in [2.75, 3.05) is 0 Å². The molecule has 0 radical (unpaired) electrons. The normalized spacial score (nSPS) is 10.4. The van der Waals surface area contributed by atoms with Crippen LogP contribution in [0, 0.1) is 13.8 Å². The fourth-order valence-corrected chi connectivity index (χ4v) is 1.69. The number of thiocarbonyl (C=S) groups is 1. The van der Waals surface area contributed by atoms with Crippen molar-refractivity contribution in [3.05, 3.63) is 35.3 Å². The maximum Gasteiger partial charge on any atom is 0.186 e. The fraction of sp³-hybridized carbons (Fsp3) is 0.200. The summed E-state index contributed by atoms with van der Waals surface area (Å²) in [4.78, 5) is 0.306. The lowest BCUT2D eigenvalue weighted by molar-refractivity contribution is 0.798. The Morgan fingerprint density at radius 2 is 2.12 bits per heavy atom. The lowest BCUT2D eigenvalue weighted by Gasteiger charge is -2.10. The molecular weight excluding hydrogens is 222 g/mol. The molecule has 16 heavy (non-hydrogen) atoms. The number of aromatic nitrogens is 4. The van der Waals surface area contributed by atoms with Crippen molar-refractivity contribution in [2.24, 2.45) is 5.73 Å². The van der Waals surface area contributed by atoms with E-state index in [1.807, 2.05) is 13.8 Å². The van der Waals surface area contributed by atoms with Crippen molar-refractivity contribution in [1.29, 1.82) is 0 Å². The van der Waals surface area contributed by atoms with Gasteiger partial charge >= 0.3 is 0 Å². The first-order chi connectivity index (χ1) is 7.61. The minimum Gasteiger partial charge on any atom is -0.389 e. The third kappa shape index (κ3) is 1.67. The van der Waals surface area contributed by atoms with Crippen LogP contribution in [0.4, 0.5) is 0 Å². The number of rotatable bonds is 2. The molecule has 2 N–H and O–H groups in total. The summed E-state index contributed by atoms with van der Waals surface area (Å²) in [5.41, 5.74) is 8.20. The molecule has 2 heterocycles. The largest absolute Gasteiger partial charge is 0.389 e. The molecule has 0 fully saturated rings. The molecule has 6 heteroatoms. The summed E-state index contributed by atoms with van der Waals surface area (Å²) in [5.74, 6) is 0.570. The number of nitrogens with zero attached hydrogens (tertiary/aromatic N) is 4. The molecule has 5 nitrogen and oxygen atoms in total. The molecule has 0 aliphatic rings. The van der Waals surface area contributed by atoms with Gasteiger partial charge in [-0.05, 0) is 25.5 Å². The molecule has 0 aromatic carbocycles. The number of hydrogen-bond donors (Lipinski definition) is 1. The summed E-state index contributed by atoms with van der Waals surface area (Å²) in [6, 6.07) is 1.81. The Hall–Kier alpha value is -1.82. The van der Waals surface area contributed by atoms with E-state index < -0.39 is 0 Å². The Kier molecular flexibility index (Phi) is 2.66. The van der Waals surface area contributed by atoms with Crippen LogP contribution in [0.15, 0.2) is 18.5 Å². The first kappa shape index (κ1) is 10.7. The predicted octanol–water partition coefficient (Wildman–Crippen LogP) is 0.913. The molecule has 2 aromatic heterocycles. The van der Waals surface area contributed by atoms with E-state index in [1.54, 1.807) is 23.1 Å². The van der Waals surface area contributed by atoms with Crippen LogP contribution in [-0.2, 0) is 0 Å². The highest BCUT2D eigenvalue weighted by Crippen LogP contribution is 2.16. The van der Waals surface area contributed by atoms with Crippen LogP contribution in [0.3, 0.4) is 0 Å². The zero-order chi connectivity index (χ0) is 11.7. The van der Waals surface area contributed by atoms with Crippen LogP contribution >= 0.6 is 12.2 Å². The van der Waals surface area contributed by atoms with E-state index in [-0.39, 0.29) is 0 Å². The third-order valence-corrected chi connectivity index (χ3v) is 2.61. The van der Waals surface area contributed by atoms with E-state index in [1.165, 1.54) is 0 Å². The van der Waals surface area contributed by atoms with Crippen molar-refractivity contribution >= 4 is 17.2 Å². The van der Waals surface area contributed by atoms with Gasteiger partial charge in [-0.15, -0.1) is 5.10 Å². The van der Waals surface area contributed by atoms with Crippen LogP contribution < -0.4 is 5.73 Å². The van der Waals surface area contributed by atoms with Gasteiger partial charge in [0.05, 0.1) is 11.3 Å². The van der Waals surface area contributed by atoms with Crippen molar-refractivity contribution in [2.45, 2.75) is 13.8 Å². The topological polar surface area (TPSA) is 69.6 Å². The molecule has 0 aliphatic carbocycles. The minimum absolute atomic E-state index is 0.306. The van der Waals surface area contributed by atoms with Crippen LogP contribution in [-0.4, -0.2) is 25.0 Å². The van der Waals surface area contributed by atoms with Crippen LogP contribution in [0.25, 0.3) is 5.82 Å². The smallest absolute Gasteiger partial charge is 0.186 e. The molecule has 0 unspecified atom stereocenters. The third-order valence-electron chi connectivity index (χ3n) is 2.40. The van der Waals surface area contributed by atoms with Gasteiger partial charge in [0.15, 0.2) is 5.82 Å². The van der Waals surface area contributed by atoms with Gasteiger partial charge in [0.25, 0.3) is 0 Å². The molecular formula is C10H11N5S. The highest BCUT2D eigenvalue weighted by molar-refractivity contribution is 7.80. The van der Waals surface area contributed by atoms with Gasteiger partial charge < -0.3 is 5.73 Å². The number of nitrogens with two attached hydrogens (primary N) is 1. The van der Waals surface area contributed by atoms with Crippen molar-refractivity contribution < 1.29 is 0 Å². The summed E-state index contributed by atoms with van der Waals surface area (Å²) < 4.78 is 1.61. The first-order valence-electron chi connectivity index (χ1n) is 4.75. The lowest BCUT2D eigenvalue weighted by Crippen LogP contribution is -2.18. The summed E-state index contributed by atoms with van der Waals surface area (Å²) in [7, 11) is 0. The maximum atomic E-state index is 5.71. The Morgan fingerprint density at radius 1 is 1.38 bits per heavy atom. The fourth-order valence-electron chi connectivity index (χ4n) is 1.45. The Balaban J connectivity index is 2.71. The molecule has 0 saturated heterocycles. The van der Waals surface area contributed by atoms with E-state index >= 15 is 0 Å². The molecule has 0 aliphatic heterocycles. The highest BCUT2D eigenvalue weighted by Gasteiger charge is 2.14. The Labute approximate surface area is 98.3 Å². The summed E-state index contributed by atoms with van der Waals surface area (Å²) in [5, 5.41) is 12.2. The van der Waals surface area contributed by atoms with Gasteiger partial charge in [-0.1, -0.05) is 12.2 Å². The molecule has 2 aromatic rings. The quantitative estimate of drug-likeness (QED) is 0.781. The van der Waals surface area contributed by atoms with Crippen LogP contribution in [0.2, 0.25) is 0 Å². The predicted molar refractivity (Wildman–Crippen MR) is 64.5 cm³/mol. The van der Waals surface area contributed by atoms with Gasteiger partial charge in [0.2, 0.25) is 0 Å². The summed E-state index contributed by atoms with van der Waals surface area (Å²) >= 11 is 5.04. The van der Waals surface area contributed by atoms with Gasteiger partial charge in [-0.3, -0.25) is 0 Å². The van der Waals surface area contributed by atoms with E-state index in [9.17, 15) is 0 Å². The summed E-state index contributed by atoms with van der Waals surface area (Å²) in [6.45, 7) is 3.79. The van der Waals surface area contributed by atoms with Crippen LogP contribution in [0.5, 0.6) is 0 Å². The zero-order valence-electron chi connectivity index (χ0n) is 9.01. The van der Waals surface area contributed by atoms with Gasteiger partial charge in [0, 0.05) is 12.4 Å². The zero-order valence-corrected chi connectivity index (χ0v) is 9.82. The molecule has 0 spiro atoms. The van der Waals surface area contributed by atoms with E-state index in [0.717, 1.165) is 16.8 Å². The monoisotopic (exact) mass is 233 g/mol. The molecule has 0 saturated carbocycles. The SMILES string of the molecule is Cc1nnc(-n2cccn2)c(C(N)=S)c1C. The molecule has 2 rings (SSSR count). The molecule has 82 valence electrons. The average Bonchev–Trinajstić information content (AvgIpc) is 2.74. The molecule has 0 atom stereocenters. The van der Waals surface area contributed by atoms with Crippen molar-refractivity contribution in [1.82, 2.24) is 20.0 Å². The number of hydrogen-bond acceptors (Lipinski definition) is 4. The minimum atomic E-state index is 0.306. The van der Waals surface area contributed by atoms with Gasteiger partial charge in [-0.25, -0.2) is 4.68 Å². The second kappa shape index (κ2) is 3.97. The maximum absolute atomic E-state index is 5.71. The van der Waals surface area contributed by atoms with E-state index in [2.05, 4.69) is 15.3 Å². The van der Waals surface area contributed by atoms with Crippen molar-refractivity contribution in [3.8, 4) is 5.82 Å². The first-order valence-corrected chi connectivity index (χ1v) is 5.15. The highest BCUT2D eigenvalue weighted by atomic mass is 32.1. The number of aryl methyl sites for hydroxylation is 1. The van der Waals surface area contributed by atoms with E-state index in [4.69, 9.17) is 18.0 Å². The second-order valence-corrected chi connectivity index (χ2v) is 3.86. The molecule has 0 bridgehead atoms. The van der Waals surface area contributed by atoms with E-state index in [0.29, 0.717) is 10.8 Å². The Morgan fingerprint density at radius 3 is 2.69 bits per heavy atom. The van der Waals surface area contributed by atoms with Crippen LogP contribution in [0.1, 0.15) is 16.8 Å². The molecule has 0 amide bonds. The lowest BCUT2D eigenvalue weighted by atomic mass is 10.1.